The first-order valence-corrected chi connectivity index (χ1v) is 9.32. The van der Waals surface area contributed by atoms with Crippen molar-refractivity contribution < 1.29 is 18.0 Å². The molecule has 4 rings (SSSR count). The molecule has 3 aromatic rings. The third kappa shape index (κ3) is 3.25. The van der Waals surface area contributed by atoms with E-state index in [1.807, 2.05) is 25.3 Å². The van der Waals surface area contributed by atoms with Crippen LogP contribution >= 0.6 is 11.3 Å². The zero-order chi connectivity index (χ0) is 19.2. The van der Waals surface area contributed by atoms with Gasteiger partial charge in [0.15, 0.2) is 0 Å². The molecule has 1 unspecified atom stereocenters. The Morgan fingerprint density at radius 1 is 1.22 bits per heavy atom. The molecule has 0 N–H and O–H groups in total. The molecule has 0 saturated heterocycles. The summed E-state index contributed by atoms with van der Waals surface area (Å²) in [5.74, 6) is -0.204. The predicted molar refractivity (Wildman–Crippen MR) is 96.4 cm³/mol. The molecule has 0 radical (unpaired) electrons. The SMILES string of the molecule is CC1c2cccn2CCN1C(=O)c1csc(-c2cccc(C(F)(F)F)c2)n1. The van der Waals surface area contributed by atoms with Gasteiger partial charge in [-0.05, 0) is 31.2 Å². The van der Waals surface area contributed by atoms with Crippen LogP contribution in [0.3, 0.4) is 0 Å². The van der Waals surface area contributed by atoms with E-state index in [0.717, 1.165) is 17.8 Å². The average molecular weight is 391 g/mol. The lowest BCUT2D eigenvalue weighted by molar-refractivity contribution is -0.137. The average Bonchev–Trinajstić information content (AvgIpc) is 3.31. The molecule has 1 aliphatic rings. The van der Waals surface area contributed by atoms with Crippen molar-refractivity contribution in [2.45, 2.75) is 25.7 Å². The number of carbonyl (C=O) groups is 1. The normalized spacial score (nSPS) is 17.0. The number of hydrogen-bond acceptors (Lipinski definition) is 3. The van der Waals surface area contributed by atoms with E-state index in [2.05, 4.69) is 9.55 Å². The van der Waals surface area contributed by atoms with Gasteiger partial charge in [-0.3, -0.25) is 4.79 Å². The number of benzene rings is 1. The van der Waals surface area contributed by atoms with Crippen LogP contribution in [0, 0.1) is 0 Å². The highest BCUT2D eigenvalue weighted by atomic mass is 32.1. The van der Waals surface area contributed by atoms with Crippen LogP contribution in [0.25, 0.3) is 10.6 Å². The van der Waals surface area contributed by atoms with Crippen LogP contribution in [-0.4, -0.2) is 26.9 Å². The lowest BCUT2D eigenvalue weighted by Crippen LogP contribution is -2.40. The van der Waals surface area contributed by atoms with Gasteiger partial charge in [0.2, 0.25) is 0 Å². The summed E-state index contributed by atoms with van der Waals surface area (Å²) in [6.07, 6.45) is -2.42. The maximum absolute atomic E-state index is 12.9. The fraction of sp³-hybridized carbons (Fsp3) is 0.263. The van der Waals surface area contributed by atoms with Crippen molar-refractivity contribution in [3.05, 3.63) is 64.9 Å². The number of rotatable bonds is 2. The summed E-state index contributed by atoms with van der Waals surface area (Å²) in [5, 5.41) is 2.01. The first kappa shape index (κ1) is 17.8. The summed E-state index contributed by atoms with van der Waals surface area (Å²) < 4.78 is 40.9. The molecule has 0 saturated carbocycles. The minimum absolute atomic E-state index is 0.0834. The zero-order valence-electron chi connectivity index (χ0n) is 14.4. The Balaban J connectivity index is 1.59. The summed E-state index contributed by atoms with van der Waals surface area (Å²) in [5.41, 5.74) is 0.949. The number of halogens is 3. The van der Waals surface area contributed by atoms with Crippen molar-refractivity contribution in [2.75, 3.05) is 6.54 Å². The number of alkyl halides is 3. The van der Waals surface area contributed by atoms with E-state index < -0.39 is 11.7 Å². The van der Waals surface area contributed by atoms with Gasteiger partial charge in [-0.15, -0.1) is 11.3 Å². The fourth-order valence-corrected chi connectivity index (χ4v) is 4.13. The zero-order valence-corrected chi connectivity index (χ0v) is 15.2. The number of amides is 1. The number of carbonyl (C=O) groups excluding carboxylic acids is 1. The lowest BCUT2D eigenvalue weighted by atomic mass is 10.1. The largest absolute Gasteiger partial charge is 0.416 e. The Morgan fingerprint density at radius 3 is 2.81 bits per heavy atom. The first-order valence-electron chi connectivity index (χ1n) is 8.44. The quantitative estimate of drug-likeness (QED) is 0.627. The maximum Gasteiger partial charge on any atom is 0.416 e. The molecule has 140 valence electrons. The van der Waals surface area contributed by atoms with Crippen molar-refractivity contribution in [1.29, 1.82) is 0 Å². The second-order valence-corrected chi connectivity index (χ2v) is 7.28. The van der Waals surface area contributed by atoms with E-state index in [4.69, 9.17) is 0 Å². The molecule has 0 aliphatic carbocycles. The fourth-order valence-electron chi connectivity index (χ4n) is 3.34. The molecule has 3 heterocycles. The summed E-state index contributed by atoms with van der Waals surface area (Å²) in [6, 6.07) is 8.85. The predicted octanol–water partition coefficient (Wildman–Crippen LogP) is 4.85. The second-order valence-electron chi connectivity index (χ2n) is 6.42. The Morgan fingerprint density at radius 2 is 2.04 bits per heavy atom. The molecule has 4 nitrogen and oxygen atoms in total. The Kier molecular flexibility index (Phi) is 4.30. The van der Waals surface area contributed by atoms with Gasteiger partial charge in [-0.2, -0.15) is 13.2 Å². The van der Waals surface area contributed by atoms with E-state index in [-0.39, 0.29) is 17.6 Å². The van der Waals surface area contributed by atoms with Crippen molar-refractivity contribution in [2.24, 2.45) is 0 Å². The van der Waals surface area contributed by atoms with E-state index in [1.165, 1.54) is 17.4 Å². The highest BCUT2D eigenvalue weighted by Gasteiger charge is 2.31. The van der Waals surface area contributed by atoms with Crippen LogP contribution in [0.5, 0.6) is 0 Å². The molecule has 1 aromatic carbocycles. The van der Waals surface area contributed by atoms with Crippen LogP contribution in [0.4, 0.5) is 13.2 Å². The number of aromatic nitrogens is 2. The Labute approximate surface area is 157 Å². The van der Waals surface area contributed by atoms with Crippen molar-refractivity contribution >= 4 is 17.2 Å². The summed E-state index contributed by atoms with van der Waals surface area (Å²) >= 11 is 1.17. The molecule has 0 spiro atoms. The van der Waals surface area contributed by atoms with Gasteiger partial charge in [0.05, 0.1) is 11.6 Å². The highest BCUT2D eigenvalue weighted by Crippen LogP contribution is 2.34. The lowest BCUT2D eigenvalue weighted by Gasteiger charge is -2.34. The van der Waals surface area contributed by atoms with Gasteiger partial charge in [0, 0.05) is 35.9 Å². The van der Waals surface area contributed by atoms with Crippen molar-refractivity contribution in [3.8, 4) is 10.6 Å². The van der Waals surface area contributed by atoms with Crippen molar-refractivity contribution in [3.63, 3.8) is 0 Å². The van der Waals surface area contributed by atoms with Crippen LogP contribution in [-0.2, 0) is 12.7 Å². The topological polar surface area (TPSA) is 38.1 Å². The van der Waals surface area contributed by atoms with Crippen LogP contribution in [0.2, 0.25) is 0 Å². The molecule has 0 fully saturated rings. The highest BCUT2D eigenvalue weighted by molar-refractivity contribution is 7.13. The summed E-state index contributed by atoms with van der Waals surface area (Å²) in [7, 11) is 0. The van der Waals surface area contributed by atoms with Gasteiger partial charge in [-0.1, -0.05) is 12.1 Å². The number of fused-ring (bicyclic) bond motifs is 1. The van der Waals surface area contributed by atoms with E-state index >= 15 is 0 Å². The van der Waals surface area contributed by atoms with Gasteiger partial charge >= 0.3 is 6.18 Å². The summed E-state index contributed by atoms with van der Waals surface area (Å²) in [6.45, 7) is 3.24. The number of nitrogens with zero attached hydrogens (tertiary/aromatic N) is 3. The van der Waals surface area contributed by atoms with Gasteiger partial charge in [-0.25, -0.2) is 4.98 Å². The Hall–Kier alpha value is -2.61. The minimum atomic E-state index is -4.41. The molecular weight excluding hydrogens is 375 g/mol. The van der Waals surface area contributed by atoms with Gasteiger partial charge in [0.25, 0.3) is 5.91 Å². The van der Waals surface area contributed by atoms with Gasteiger partial charge in [0.1, 0.15) is 10.7 Å². The third-order valence-electron chi connectivity index (χ3n) is 4.76. The van der Waals surface area contributed by atoms with E-state index in [1.54, 1.807) is 16.3 Å². The monoisotopic (exact) mass is 391 g/mol. The molecule has 27 heavy (non-hydrogen) atoms. The second kappa shape index (κ2) is 6.53. The van der Waals surface area contributed by atoms with E-state index in [0.29, 0.717) is 23.7 Å². The molecule has 2 aromatic heterocycles. The van der Waals surface area contributed by atoms with Crippen LogP contribution in [0.1, 0.15) is 34.7 Å². The molecule has 0 bridgehead atoms. The Bertz CT molecular complexity index is 992. The summed E-state index contributed by atoms with van der Waals surface area (Å²) in [4.78, 5) is 19.0. The van der Waals surface area contributed by atoms with E-state index in [9.17, 15) is 18.0 Å². The maximum atomic E-state index is 12.9. The minimum Gasteiger partial charge on any atom is -0.348 e. The first-order chi connectivity index (χ1) is 12.8. The van der Waals surface area contributed by atoms with Gasteiger partial charge < -0.3 is 9.47 Å². The number of thiazole rings is 1. The molecule has 1 aliphatic heterocycles. The number of hydrogen-bond donors (Lipinski definition) is 0. The molecule has 1 atom stereocenters. The van der Waals surface area contributed by atoms with Crippen LogP contribution in [0.15, 0.2) is 48.0 Å². The van der Waals surface area contributed by atoms with Crippen LogP contribution < -0.4 is 0 Å². The third-order valence-corrected chi connectivity index (χ3v) is 5.65. The smallest absolute Gasteiger partial charge is 0.348 e. The molecule has 8 heteroatoms. The van der Waals surface area contributed by atoms with Crippen molar-refractivity contribution in [1.82, 2.24) is 14.5 Å². The standard InChI is InChI=1S/C19H16F3N3OS/c1-12-16-6-3-7-24(16)8-9-25(12)18(26)15-11-27-17(23-15)13-4-2-5-14(10-13)19(20,21)22/h2-7,10-12H,8-9H2,1H3. The molecular formula is C19H16F3N3OS. The molecule has 1 amide bonds.